The average molecular weight is 653 g/mol. The fourth-order valence-electron chi connectivity index (χ4n) is 7.02. The maximum Gasteiger partial charge on any atom is 0.323 e. The average Bonchev–Trinajstić information content (AvgIpc) is 3.11. The molecule has 3 aliphatic heterocycles. The molecule has 3 fully saturated rings. The Hall–Kier alpha value is -3.68. The van der Waals surface area contributed by atoms with E-state index >= 15 is 0 Å². The van der Waals surface area contributed by atoms with Crippen molar-refractivity contribution in [2.24, 2.45) is 5.73 Å². The number of amides is 1. The van der Waals surface area contributed by atoms with Crippen LogP contribution in [-0.2, 0) is 20.7 Å². The molecule has 1 unspecified atom stereocenters. The van der Waals surface area contributed by atoms with E-state index in [0.29, 0.717) is 43.0 Å². The Morgan fingerprint density at radius 1 is 1.00 bits per heavy atom. The summed E-state index contributed by atoms with van der Waals surface area (Å²) in [5.41, 5.74) is 8.32. The molecule has 1 aromatic heterocycles. The molecule has 4 heterocycles. The summed E-state index contributed by atoms with van der Waals surface area (Å²) in [5.74, 6) is 0.957. The van der Waals surface area contributed by atoms with E-state index in [1.165, 1.54) is 7.11 Å². The lowest BCUT2D eigenvalue weighted by Crippen LogP contribution is -2.56. The number of primary amides is 1. The third-order valence-corrected chi connectivity index (χ3v) is 9.69. The van der Waals surface area contributed by atoms with Gasteiger partial charge in [-0.1, -0.05) is 20.3 Å². The van der Waals surface area contributed by atoms with Gasteiger partial charge in [-0.15, -0.1) is 0 Å². The monoisotopic (exact) mass is 652 g/mol. The van der Waals surface area contributed by atoms with Crippen LogP contribution in [0, 0.1) is 0 Å². The van der Waals surface area contributed by atoms with Crippen molar-refractivity contribution in [2.75, 3.05) is 82.2 Å². The van der Waals surface area contributed by atoms with E-state index in [0.717, 1.165) is 94.9 Å². The number of piperazine rings is 1. The third kappa shape index (κ3) is 8.43. The number of hydrogen-bond donors (Lipinski definition) is 3. The van der Waals surface area contributed by atoms with Crippen molar-refractivity contribution in [3.63, 3.8) is 0 Å². The molecule has 0 radical (unpaired) electrons. The number of nitrogens with one attached hydrogen (secondary N) is 2. The van der Waals surface area contributed by atoms with E-state index in [4.69, 9.17) is 24.9 Å². The smallest absolute Gasteiger partial charge is 0.323 e. The highest BCUT2D eigenvalue weighted by molar-refractivity contribution is 5.96. The van der Waals surface area contributed by atoms with Crippen molar-refractivity contribution in [1.29, 1.82) is 0 Å². The number of rotatable bonds is 13. The predicted octanol–water partition coefficient (Wildman–Crippen LogP) is 3.41. The lowest BCUT2D eigenvalue weighted by atomic mass is 10.0. The molecule has 1 amide bonds. The van der Waals surface area contributed by atoms with Gasteiger partial charge in [0.1, 0.15) is 11.8 Å². The minimum atomic E-state index is -0.635. The van der Waals surface area contributed by atoms with Crippen LogP contribution in [-0.4, -0.2) is 116 Å². The lowest BCUT2D eigenvalue weighted by Gasteiger charge is -2.44. The van der Waals surface area contributed by atoms with Gasteiger partial charge in [-0.05, 0) is 50.7 Å². The first kappa shape index (κ1) is 34.6. The van der Waals surface area contributed by atoms with Crippen molar-refractivity contribution in [3.8, 4) is 5.75 Å². The van der Waals surface area contributed by atoms with Crippen molar-refractivity contribution < 1.29 is 23.8 Å². The first-order chi connectivity index (χ1) is 22.8. The van der Waals surface area contributed by atoms with E-state index in [-0.39, 0.29) is 23.7 Å². The topological polar surface area (TPSA) is 147 Å². The Morgan fingerprint density at radius 3 is 2.34 bits per heavy atom. The maximum atomic E-state index is 12.4. The molecule has 2 aromatic rings. The first-order valence-electron chi connectivity index (χ1n) is 17.2. The standard InChI is InChI=1S/C34H52N8O5/c1-5-7-28(34(44)46-4)42-18-16-40(17-19-42)25-10-14-41(15-11-25)27-9-8-24(22-29(27)45-3)37-33-30(31(35)43)38-26(6-2)32(39-33)36-23-12-20-47-21-13-23/h8-9,22-23,25,28H,5-7,10-21H2,1-4H3,(H2,35,43)(H2,36,37,39). The van der Waals surface area contributed by atoms with Crippen molar-refractivity contribution >= 4 is 34.9 Å². The van der Waals surface area contributed by atoms with E-state index in [9.17, 15) is 9.59 Å². The van der Waals surface area contributed by atoms with Crippen LogP contribution in [0.1, 0.15) is 68.6 Å². The second-order valence-electron chi connectivity index (χ2n) is 12.6. The maximum absolute atomic E-state index is 12.4. The second kappa shape index (κ2) is 16.4. The number of piperidine rings is 1. The molecule has 3 aliphatic rings. The number of carbonyl (C=O) groups is 2. The molecule has 0 bridgehead atoms. The minimum Gasteiger partial charge on any atom is -0.495 e. The minimum absolute atomic E-state index is 0.108. The molecule has 13 heteroatoms. The number of aromatic nitrogens is 2. The molecule has 5 rings (SSSR count). The molecule has 0 spiro atoms. The predicted molar refractivity (Wildman–Crippen MR) is 183 cm³/mol. The summed E-state index contributed by atoms with van der Waals surface area (Å²) in [7, 11) is 3.16. The Balaban J connectivity index is 1.22. The molecule has 4 N–H and O–H groups in total. The molecule has 47 heavy (non-hydrogen) atoms. The number of hydrogen-bond acceptors (Lipinski definition) is 12. The van der Waals surface area contributed by atoms with Gasteiger partial charge in [0.2, 0.25) is 0 Å². The van der Waals surface area contributed by atoms with Gasteiger partial charge in [-0.3, -0.25) is 19.4 Å². The van der Waals surface area contributed by atoms with Gasteiger partial charge in [-0.25, -0.2) is 9.97 Å². The van der Waals surface area contributed by atoms with Crippen LogP contribution in [0.4, 0.5) is 23.0 Å². The molecule has 0 saturated carbocycles. The van der Waals surface area contributed by atoms with Crippen LogP contribution in [0.15, 0.2) is 18.2 Å². The first-order valence-corrected chi connectivity index (χ1v) is 17.2. The highest BCUT2D eigenvalue weighted by atomic mass is 16.5. The van der Waals surface area contributed by atoms with E-state index < -0.39 is 5.91 Å². The number of esters is 1. The zero-order valence-corrected chi connectivity index (χ0v) is 28.4. The van der Waals surface area contributed by atoms with Crippen LogP contribution in [0.3, 0.4) is 0 Å². The highest BCUT2D eigenvalue weighted by Crippen LogP contribution is 2.35. The van der Waals surface area contributed by atoms with Crippen molar-refractivity contribution in [3.05, 3.63) is 29.6 Å². The number of benzene rings is 1. The molecule has 258 valence electrons. The van der Waals surface area contributed by atoms with Crippen LogP contribution < -0.4 is 26.0 Å². The Labute approximate surface area is 278 Å². The molecule has 3 saturated heterocycles. The van der Waals surface area contributed by atoms with Gasteiger partial charge in [0, 0.05) is 76.3 Å². The zero-order valence-electron chi connectivity index (χ0n) is 28.4. The summed E-state index contributed by atoms with van der Waals surface area (Å²) in [6.07, 6.45) is 6.29. The number of ether oxygens (including phenoxy) is 3. The Kier molecular flexibility index (Phi) is 12.1. The van der Waals surface area contributed by atoms with Gasteiger partial charge in [0.15, 0.2) is 17.3 Å². The lowest BCUT2D eigenvalue weighted by molar-refractivity contribution is -0.148. The summed E-state index contributed by atoms with van der Waals surface area (Å²) in [5, 5.41) is 6.80. The summed E-state index contributed by atoms with van der Waals surface area (Å²) in [6.45, 7) is 11.1. The van der Waals surface area contributed by atoms with Crippen LogP contribution in [0.5, 0.6) is 5.75 Å². The summed E-state index contributed by atoms with van der Waals surface area (Å²) < 4.78 is 16.4. The number of nitrogens with zero attached hydrogens (tertiary/aromatic N) is 5. The number of carbonyl (C=O) groups excluding carboxylic acids is 2. The third-order valence-electron chi connectivity index (χ3n) is 9.69. The largest absolute Gasteiger partial charge is 0.495 e. The quantitative estimate of drug-likeness (QED) is 0.273. The zero-order chi connectivity index (χ0) is 33.3. The number of methoxy groups -OCH3 is 2. The van der Waals surface area contributed by atoms with E-state index in [1.807, 2.05) is 19.1 Å². The van der Waals surface area contributed by atoms with Crippen molar-refractivity contribution in [1.82, 2.24) is 19.8 Å². The van der Waals surface area contributed by atoms with Crippen LogP contribution >= 0.6 is 0 Å². The van der Waals surface area contributed by atoms with Crippen molar-refractivity contribution in [2.45, 2.75) is 76.9 Å². The molecule has 13 nitrogen and oxygen atoms in total. The molecule has 1 atom stereocenters. The van der Waals surface area contributed by atoms with Crippen LogP contribution in [0.2, 0.25) is 0 Å². The number of nitrogens with two attached hydrogens (primary N) is 1. The van der Waals surface area contributed by atoms with Crippen LogP contribution in [0.25, 0.3) is 0 Å². The second-order valence-corrected chi connectivity index (χ2v) is 12.6. The van der Waals surface area contributed by atoms with Gasteiger partial charge < -0.3 is 35.5 Å². The van der Waals surface area contributed by atoms with Gasteiger partial charge in [0.25, 0.3) is 5.91 Å². The molecular weight excluding hydrogens is 600 g/mol. The van der Waals surface area contributed by atoms with Gasteiger partial charge in [0.05, 0.1) is 25.6 Å². The normalized spacial score (nSPS) is 19.3. The SMILES string of the molecule is CCCC(C(=O)OC)N1CCN(C2CCN(c3ccc(Nc4nc(NC5CCOCC5)c(CC)nc4C(N)=O)cc3OC)CC2)CC1. The fraction of sp³-hybridized carbons (Fsp3) is 0.647. The molecule has 0 aliphatic carbocycles. The van der Waals surface area contributed by atoms with Gasteiger partial charge >= 0.3 is 5.97 Å². The number of anilines is 4. The molecule has 1 aromatic carbocycles. The Morgan fingerprint density at radius 2 is 1.72 bits per heavy atom. The van der Waals surface area contributed by atoms with Gasteiger partial charge in [-0.2, -0.15) is 0 Å². The highest BCUT2D eigenvalue weighted by Gasteiger charge is 2.33. The van der Waals surface area contributed by atoms with E-state index in [2.05, 4.69) is 43.3 Å². The summed E-state index contributed by atoms with van der Waals surface area (Å²) in [6, 6.07) is 6.57. The number of aryl methyl sites for hydroxylation is 1. The Bertz CT molecular complexity index is 1350. The van der Waals surface area contributed by atoms with E-state index in [1.54, 1.807) is 7.11 Å². The fourth-order valence-corrected chi connectivity index (χ4v) is 7.02. The summed E-state index contributed by atoms with van der Waals surface area (Å²) >= 11 is 0. The molecular formula is C34H52N8O5. The summed E-state index contributed by atoms with van der Waals surface area (Å²) in [4.78, 5) is 41.4.